The van der Waals surface area contributed by atoms with Crippen LogP contribution in [0.4, 0.5) is 5.69 Å². The molecule has 1 aromatic carbocycles. The first-order valence-electron chi connectivity index (χ1n) is 6.04. The van der Waals surface area contributed by atoms with Crippen LogP contribution in [-0.2, 0) is 9.59 Å². The van der Waals surface area contributed by atoms with E-state index in [1.807, 2.05) is 25.1 Å². The molecule has 0 radical (unpaired) electrons. The zero-order valence-electron chi connectivity index (χ0n) is 11.3. The highest BCUT2D eigenvalue weighted by molar-refractivity contribution is 8.00. The highest BCUT2D eigenvalue weighted by Crippen LogP contribution is 2.26. The van der Waals surface area contributed by atoms with Crippen LogP contribution in [0.25, 0.3) is 0 Å². The lowest BCUT2D eigenvalue weighted by Gasteiger charge is -2.10. The van der Waals surface area contributed by atoms with E-state index in [2.05, 4.69) is 5.32 Å². The third kappa shape index (κ3) is 7.37. The third-order valence-electron chi connectivity index (χ3n) is 2.36. The first-order chi connectivity index (χ1) is 8.99. The van der Waals surface area contributed by atoms with Crippen LogP contribution in [0.1, 0.15) is 19.8 Å². The van der Waals surface area contributed by atoms with Gasteiger partial charge in [0.2, 0.25) is 11.8 Å². The summed E-state index contributed by atoms with van der Waals surface area (Å²) in [5, 5.41) is 2.82. The summed E-state index contributed by atoms with van der Waals surface area (Å²) in [6.45, 7) is 1.87. The molecular weight excluding hydrogens is 298 g/mol. The maximum Gasteiger partial charge on any atom is 0.227 e. The normalized spacial score (nSPS) is 11.3. The van der Waals surface area contributed by atoms with Gasteiger partial charge < -0.3 is 16.8 Å². The van der Waals surface area contributed by atoms with E-state index in [-0.39, 0.29) is 36.0 Å². The number of primary amides is 1. The number of anilines is 1. The Balaban J connectivity index is 0.00000361. The van der Waals surface area contributed by atoms with Crippen molar-refractivity contribution in [3.05, 3.63) is 24.3 Å². The summed E-state index contributed by atoms with van der Waals surface area (Å²) in [7, 11) is 0. The van der Waals surface area contributed by atoms with Gasteiger partial charge in [0.05, 0.1) is 11.4 Å². The van der Waals surface area contributed by atoms with Crippen LogP contribution in [-0.4, -0.2) is 23.6 Å². The Labute approximate surface area is 129 Å². The van der Waals surface area contributed by atoms with E-state index in [0.29, 0.717) is 18.5 Å². The Hall–Kier alpha value is -1.24. The number of para-hydroxylation sites is 1. The average Bonchev–Trinajstić information content (AvgIpc) is 2.35. The van der Waals surface area contributed by atoms with Gasteiger partial charge in [0.25, 0.3) is 0 Å². The van der Waals surface area contributed by atoms with Crippen molar-refractivity contribution >= 4 is 41.7 Å². The molecule has 0 fully saturated rings. The highest BCUT2D eigenvalue weighted by Gasteiger charge is 2.08. The predicted molar refractivity (Wildman–Crippen MR) is 85.1 cm³/mol. The number of halogens is 1. The van der Waals surface area contributed by atoms with Gasteiger partial charge in [0.15, 0.2) is 0 Å². The molecule has 0 aliphatic heterocycles. The summed E-state index contributed by atoms with van der Waals surface area (Å²) < 4.78 is 0. The van der Waals surface area contributed by atoms with Crippen molar-refractivity contribution in [2.24, 2.45) is 11.5 Å². The molecule has 0 spiro atoms. The van der Waals surface area contributed by atoms with Gasteiger partial charge in [-0.25, -0.2) is 0 Å². The van der Waals surface area contributed by atoms with E-state index < -0.39 is 0 Å². The lowest BCUT2D eigenvalue weighted by molar-refractivity contribution is -0.116. The number of nitrogens with two attached hydrogens (primary N) is 2. The minimum atomic E-state index is -0.386. The molecule has 1 aromatic rings. The standard InChI is InChI=1S/C13H19N3O2S.ClH/c1-9(14)6-7-13(18)16-10-4-2-3-5-11(10)19-8-12(15)17;/h2-5,9H,6-8,14H2,1H3,(H2,15,17)(H,16,18);1H. The summed E-state index contributed by atoms with van der Waals surface area (Å²) in [6.07, 6.45) is 1.02. The number of rotatable bonds is 7. The van der Waals surface area contributed by atoms with E-state index >= 15 is 0 Å². The van der Waals surface area contributed by atoms with Crippen molar-refractivity contribution < 1.29 is 9.59 Å². The number of thioether (sulfide) groups is 1. The number of amides is 2. The molecule has 2 amide bonds. The number of benzene rings is 1. The molecule has 5 N–H and O–H groups in total. The number of nitrogens with one attached hydrogen (secondary N) is 1. The fraction of sp³-hybridized carbons (Fsp3) is 0.385. The Kier molecular flexibility index (Phi) is 9.03. The Morgan fingerprint density at radius 3 is 2.60 bits per heavy atom. The van der Waals surface area contributed by atoms with Gasteiger partial charge in [-0.3, -0.25) is 9.59 Å². The first-order valence-corrected chi connectivity index (χ1v) is 7.03. The molecule has 0 aliphatic rings. The van der Waals surface area contributed by atoms with Crippen LogP contribution >= 0.6 is 24.2 Å². The zero-order chi connectivity index (χ0) is 14.3. The number of hydrogen-bond donors (Lipinski definition) is 3. The van der Waals surface area contributed by atoms with Crippen LogP contribution in [0.15, 0.2) is 29.2 Å². The van der Waals surface area contributed by atoms with Crippen molar-refractivity contribution in [1.82, 2.24) is 0 Å². The van der Waals surface area contributed by atoms with Gasteiger partial charge in [0.1, 0.15) is 0 Å². The topological polar surface area (TPSA) is 98.2 Å². The summed E-state index contributed by atoms with van der Waals surface area (Å²) in [5.74, 6) is -0.278. The second-order valence-corrected chi connectivity index (χ2v) is 5.33. The average molecular weight is 318 g/mol. The van der Waals surface area contributed by atoms with Crippen LogP contribution in [0.3, 0.4) is 0 Å². The van der Waals surface area contributed by atoms with Crippen molar-refractivity contribution in [2.45, 2.75) is 30.7 Å². The SMILES string of the molecule is CC(N)CCC(=O)Nc1ccccc1SCC(N)=O.Cl. The van der Waals surface area contributed by atoms with Gasteiger partial charge in [-0.05, 0) is 25.5 Å². The van der Waals surface area contributed by atoms with E-state index in [0.717, 1.165) is 4.90 Å². The van der Waals surface area contributed by atoms with Crippen LogP contribution in [0, 0.1) is 0 Å². The third-order valence-corrected chi connectivity index (χ3v) is 3.45. The van der Waals surface area contributed by atoms with Gasteiger partial charge in [-0.15, -0.1) is 24.2 Å². The number of hydrogen-bond acceptors (Lipinski definition) is 4. The Morgan fingerprint density at radius 2 is 2.00 bits per heavy atom. The van der Waals surface area contributed by atoms with Gasteiger partial charge in [-0.1, -0.05) is 12.1 Å². The van der Waals surface area contributed by atoms with Gasteiger partial charge in [-0.2, -0.15) is 0 Å². The monoisotopic (exact) mass is 317 g/mol. The minimum Gasteiger partial charge on any atom is -0.369 e. The fourth-order valence-electron chi connectivity index (χ4n) is 1.42. The quantitative estimate of drug-likeness (QED) is 0.667. The molecule has 7 heteroatoms. The molecular formula is C13H20ClN3O2S. The van der Waals surface area contributed by atoms with E-state index in [1.54, 1.807) is 6.07 Å². The van der Waals surface area contributed by atoms with Crippen molar-refractivity contribution in [1.29, 1.82) is 0 Å². The first kappa shape index (κ1) is 18.8. The van der Waals surface area contributed by atoms with Crippen LogP contribution in [0.5, 0.6) is 0 Å². The Bertz CT molecular complexity index is 455. The van der Waals surface area contributed by atoms with Crippen molar-refractivity contribution in [3.8, 4) is 0 Å². The maximum absolute atomic E-state index is 11.7. The lowest BCUT2D eigenvalue weighted by atomic mass is 10.2. The van der Waals surface area contributed by atoms with Crippen molar-refractivity contribution in [2.75, 3.05) is 11.1 Å². The highest BCUT2D eigenvalue weighted by atomic mass is 35.5. The maximum atomic E-state index is 11.7. The van der Waals surface area contributed by atoms with Crippen molar-refractivity contribution in [3.63, 3.8) is 0 Å². The molecule has 1 rings (SSSR count). The lowest BCUT2D eigenvalue weighted by Crippen LogP contribution is -2.19. The molecule has 0 saturated carbocycles. The molecule has 0 saturated heterocycles. The second kappa shape index (κ2) is 9.63. The summed E-state index contributed by atoms with van der Waals surface area (Å²) in [4.78, 5) is 23.4. The summed E-state index contributed by atoms with van der Waals surface area (Å²) in [5.41, 5.74) is 11.4. The van der Waals surface area contributed by atoms with E-state index in [1.165, 1.54) is 11.8 Å². The fourth-order valence-corrected chi connectivity index (χ4v) is 2.16. The minimum absolute atomic E-state index is 0. The Morgan fingerprint density at radius 1 is 1.35 bits per heavy atom. The van der Waals surface area contributed by atoms with E-state index in [4.69, 9.17) is 11.5 Å². The van der Waals surface area contributed by atoms with Crippen LogP contribution in [0.2, 0.25) is 0 Å². The molecule has 20 heavy (non-hydrogen) atoms. The van der Waals surface area contributed by atoms with E-state index in [9.17, 15) is 9.59 Å². The predicted octanol–water partition coefficient (Wildman–Crippen LogP) is 1.75. The summed E-state index contributed by atoms with van der Waals surface area (Å²) in [6, 6.07) is 7.32. The number of carbonyl (C=O) groups excluding carboxylic acids is 2. The van der Waals surface area contributed by atoms with Gasteiger partial charge in [0, 0.05) is 17.4 Å². The summed E-state index contributed by atoms with van der Waals surface area (Å²) >= 11 is 1.31. The van der Waals surface area contributed by atoms with Crippen LogP contribution < -0.4 is 16.8 Å². The molecule has 0 heterocycles. The molecule has 5 nitrogen and oxygen atoms in total. The molecule has 0 aliphatic carbocycles. The molecule has 0 aromatic heterocycles. The zero-order valence-corrected chi connectivity index (χ0v) is 12.9. The molecule has 1 unspecified atom stereocenters. The molecule has 112 valence electrons. The largest absolute Gasteiger partial charge is 0.369 e. The van der Waals surface area contributed by atoms with Gasteiger partial charge >= 0.3 is 0 Å². The second-order valence-electron chi connectivity index (χ2n) is 4.32. The molecule has 1 atom stereocenters. The molecule has 0 bridgehead atoms. The smallest absolute Gasteiger partial charge is 0.227 e. The number of carbonyl (C=O) groups is 2.